The molecule has 0 atom stereocenters. The summed E-state index contributed by atoms with van der Waals surface area (Å²) in [4.78, 5) is 25.1. The number of ether oxygens (including phenoxy) is 2. The van der Waals surface area contributed by atoms with Gasteiger partial charge in [0.15, 0.2) is 0 Å². The van der Waals surface area contributed by atoms with Crippen molar-refractivity contribution in [2.75, 3.05) is 23.8 Å². The molecule has 0 aromatic heterocycles. The van der Waals surface area contributed by atoms with Gasteiger partial charge in [-0.25, -0.2) is 0 Å². The van der Waals surface area contributed by atoms with E-state index in [9.17, 15) is 9.59 Å². The van der Waals surface area contributed by atoms with Crippen LogP contribution in [0.4, 0.5) is 11.4 Å². The lowest BCUT2D eigenvalue weighted by Crippen LogP contribution is -2.15. The number of rotatable bonds is 13. The molecule has 2 amide bonds. The first-order valence-electron chi connectivity index (χ1n) is 11.2. The number of unbranched alkanes of at least 4 members (excludes halogenated alkanes) is 4. The monoisotopic (exact) mass is 426 g/mol. The maximum absolute atomic E-state index is 12.6. The van der Waals surface area contributed by atoms with E-state index in [0.717, 1.165) is 19.3 Å². The highest BCUT2D eigenvalue weighted by atomic mass is 16.5. The number of carbonyl (C=O) groups is 2. The van der Waals surface area contributed by atoms with Crippen molar-refractivity contribution >= 4 is 23.2 Å². The van der Waals surface area contributed by atoms with E-state index in [2.05, 4.69) is 17.6 Å². The van der Waals surface area contributed by atoms with Crippen LogP contribution in [0.15, 0.2) is 42.5 Å². The van der Waals surface area contributed by atoms with E-state index in [4.69, 9.17) is 9.47 Å². The van der Waals surface area contributed by atoms with Crippen molar-refractivity contribution in [3.63, 3.8) is 0 Å². The second kappa shape index (κ2) is 13.3. The zero-order valence-electron chi connectivity index (χ0n) is 18.8. The fraction of sp³-hybridized carbons (Fsp3) is 0.440. The third kappa shape index (κ3) is 7.96. The molecule has 0 saturated heterocycles. The Bertz CT molecular complexity index is 837. The number of hydrogen-bond donors (Lipinski definition) is 2. The summed E-state index contributed by atoms with van der Waals surface area (Å²) in [5, 5.41) is 5.83. The molecule has 0 aliphatic carbocycles. The highest BCUT2D eigenvalue weighted by molar-refractivity contribution is 6.05. The molecular weight excluding hydrogens is 392 g/mol. The number of benzene rings is 2. The van der Waals surface area contributed by atoms with Gasteiger partial charge in [-0.3, -0.25) is 9.59 Å². The minimum Gasteiger partial charge on any atom is -0.492 e. The smallest absolute Gasteiger partial charge is 0.255 e. The van der Waals surface area contributed by atoms with Gasteiger partial charge >= 0.3 is 0 Å². The molecule has 0 unspecified atom stereocenters. The van der Waals surface area contributed by atoms with Crippen LogP contribution in [0.5, 0.6) is 11.5 Å². The Labute approximate surface area is 185 Å². The fourth-order valence-electron chi connectivity index (χ4n) is 3.19. The van der Waals surface area contributed by atoms with Crippen molar-refractivity contribution in [3.05, 3.63) is 48.0 Å². The van der Waals surface area contributed by atoms with Gasteiger partial charge in [0.1, 0.15) is 11.5 Å². The first-order valence-corrected chi connectivity index (χ1v) is 11.2. The molecule has 0 aliphatic rings. The van der Waals surface area contributed by atoms with Crippen LogP contribution < -0.4 is 20.1 Å². The van der Waals surface area contributed by atoms with Crippen LogP contribution in [0.1, 0.15) is 69.7 Å². The van der Waals surface area contributed by atoms with Gasteiger partial charge in [0.05, 0.1) is 24.6 Å². The predicted octanol–water partition coefficient (Wildman–Crippen LogP) is 6.04. The molecule has 31 heavy (non-hydrogen) atoms. The van der Waals surface area contributed by atoms with E-state index in [1.54, 1.807) is 24.3 Å². The van der Waals surface area contributed by atoms with Gasteiger partial charge in [0, 0.05) is 24.1 Å². The van der Waals surface area contributed by atoms with E-state index in [0.29, 0.717) is 48.1 Å². The maximum atomic E-state index is 12.6. The average molecular weight is 427 g/mol. The summed E-state index contributed by atoms with van der Waals surface area (Å²) in [7, 11) is 0. The third-order valence-corrected chi connectivity index (χ3v) is 4.75. The van der Waals surface area contributed by atoms with Crippen molar-refractivity contribution in [1.29, 1.82) is 0 Å². The summed E-state index contributed by atoms with van der Waals surface area (Å²) in [6, 6.07) is 12.4. The van der Waals surface area contributed by atoms with Gasteiger partial charge in [0.25, 0.3) is 5.91 Å². The zero-order valence-corrected chi connectivity index (χ0v) is 18.8. The van der Waals surface area contributed by atoms with Gasteiger partial charge in [-0.15, -0.1) is 0 Å². The fourth-order valence-corrected chi connectivity index (χ4v) is 3.19. The molecular formula is C25H34N2O4. The van der Waals surface area contributed by atoms with E-state index >= 15 is 0 Å². The van der Waals surface area contributed by atoms with Crippen molar-refractivity contribution in [2.24, 2.45) is 0 Å². The van der Waals surface area contributed by atoms with Crippen LogP contribution in [-0.4, -0.2) is 25.0 Å². The molecule has 0 spiro atoms. The molecule has 0 radical (unpaired) electrons. The Kier molecular flexibility index (Phi) is 10.4. The number of amides is 2. The van der Waals surface area contributed by atoms with Gasteiger partial charge in [-0.05, 0) is 32.4 Å². The minimum absolute atomic E-state index is 0.0547. The molecule has 2 aromatic carbocycles. The largest absolute Gasteiger partial charge is 0.492 e. The van der Waals surface area contributed by atoms with E-state index in [1.807, 2.05) is 32.0 Å². The Morgan fingerprint density at radius 1 is 0.774 bits per heavy atom. The second-order valence-electron chi connectivity index (χ2n) is 7.24. The highest BCUT2D eigenvalue weighted by Crippen LogP contribution is 2.37. The molecule has 0 aliphatic heterocycles. The first-order chi connectivity index (χ1) is 15.1. The molecule has 0 saturated carbocycles. The lowest BCUT2D eigenvalue weighted by atomic mass is 10.1. The molecule has 2 N–H and O–H groups in total. The summed E-state index contributed by atoms with van der Waals surface area (Å²) >= 11 is 0. The summed E-state index contributed by atoms with van der Waals surface area (Å²) in [6.07, 6.45) is 5.90. The Hall–Kier alpha value is -3.02. The zero-order chi connectivity index (χ0) is 22.5. The maximum Gasteiger partial charge on any atom is 0.255 e. The molecule has 168 valence electrons. The van der Waals surface area contributed by atoms with Crippen molar-refractivity contribution in [1.82, 2.24) is 0 Å². The van der Waals surface area contributed by atoms with Gasteiger partial charge in [-0.2, -0.15) is 0 Å². The van der Waals surface area contributed by atoms with Crippen molar-refractivity contribution in [2.45, 2.75) is 59.3 Å². The average Bonchev–Trinajstić information content (AvgIpc) is 2.77. The predicted molar refractivity (Wildman–Crippen MR) is 125 cm³/mol. The van der Waals surface area contributed by atoms with Gasteiger partial charge in [-0.1, -0.05) is 50.8 Å². The Morgan fingerprint density at radius 2 is 1.35 bits per heavy atom. The molecule has 2 aromatic rings. The van der Waals surface area contributed by atoms with Crippen LogP contribution in [-0.2, 0) is 4.79 Å². The summed E-state index contributed by atoms with van der Waals surface area (Å²) in [5.41, 5.74) is 1.58. The molecule has 0 fully saturated rings. The van der Waals surface area contributed by atoms with E-state index < -0.39 is 0 Å². The van der Waals surface area contributed by atoms with Crippen molar-refractivity contribution < 1.29 is 19.1 Å². The number of hydrogen-bond acceptors (Lipinski definition) is 4. The normalized spacial score (nSPS) is 10.4. The van der Waals surface area contributed by atoms with Crippen LogP contribution in [0, 0.1) is 0 Å². The topological polar surface area (TPSA) is 76.7 Å². The molecule has 6 nitrogen and oxygen atoms in total. The number of carbonyl (C=O) groups excluding carboxylic acids is 2. The summed E-state index contributed by atoms with van der Waals surface area (Å²) in [6.45, 7) is 6.77. The highest BCUT2D eigenvalue weighted by Gasteiger charge is 2.17. The lowest BCUT2D eigenvalue weighted by molar-refractivity contribution is -0.116. The molecule has 6 heteroatoms. The van der Waals surface area contributed by atoms with Crippen LogP contribution in [0.3, 0.4) is 0 Å². The van der Waals surface area contributed by atoms with Crippen LogP contribution in [0.2, 0.25) is 0 Å². The molecule has 0 bridgehead atoms. The van der Waals surface area contributed by atoms with Crippen molar-refractivity contribution in [3.8, 4) is 11.5 Å². The van der Waals surface area contributed by atoms with Gasteiger partial charge < -0.3 is 20.1 Å². The Morgan fingerprint density at radius 3 is 1.94 bits per heavy atom. The van der Waals surface area contributed by atoms with Crippen LogP contribution in [0.25, 0.3) is 0 Å². The molecule has 0 heterocycles. The summed E-state index contributed by atoms with van der Waals surface area (Å²) in [5.74, 6) is 0.677. The Balaban J connectivity index is 2.17. The SMILES string of the molecule is CCCCCCCC(=O)Nc1cc(OCC)c(NC(=O)c2ccccc2)cc1OCC. The lowest BCUT2D eigenvalue weighted by Gasteiger charge is -2.18. The number of nitrogens with one attached hydrogen (secondary N) is 2. The van der Waals surface area contributed by atoms with Crippen LogP contribution >= 0.6 is 0 Å². The van der Waals surface area contributed by atoms with Gasteiger partial charge in [0.2, 0.25) is 5.91 Å². The quantitative estimate of drug-likeness (QED) is 0.383. The number of anilines is 2. The summed E-state index contributed by atoms with van der Waals surface area (Å²) < 4.78 is 11.5. The third-order valence-electron chi connectivity index (χ3n) is 4.75. The first kappa shape index (κ1) is 24.3. The minimum atomic E-state index is -0.243. The molecule has 2 rings (SSSR count). The standard InChI is InChI=1S/C25H34N2O4/c1-4-7-8-9-13-16-24(28)26-20-17-23(31-6-3)21(18-22(20)30-5-2)27-25(29)19-14-11-10-12-15-19/h10-12,14-15,17-18H,4-9,13,16H2,1-3H3,(H,26,28)(H,27,29). The van der Waals surface area contributed by atoms with E-state index in [1.165, 1.54) is 12.8 Å². The second-order valence-corrected chi connectivity index (χ2v) is 7.24. The van der Waals surface area contributed by atoms with E-state index in [-0.39, 0.29) is 11.8 Å².